The van der Waals surface area contributed by atoms with Crippen LogP contribution in [0.4, 0.5) is 13.2 Å². The number of rotatable bonds is 2. The van der Waals surface area contributed by atoms with Crippen LogP contribution in [-0.2, 0) is 6.18 Å². The van der Waals surface area contributed by atoms with E-state index in [1.807, 2.05) is 24.3 Å². The van der Waals surface area contributed by atoms with Crippen LogP contribution in [0.1, 0.15) is 5.56 Å². The molecule has 20 heavy (non-hydrogen) atoms. The van der Waals surface area contributed by atoms with Crippen LogP contribution < -0.4 is 0 Å². The highest BCUT2D eigenvalue weighted by molar-refractivity contribution is 8.01. The first kappa shape index (κ1) is 13.4. The van der Waals surface area contributed by atoms with Crippen molar-refractivity contribution in [3.05, 3.63) is 48.2 Å². The van der Waals surface area contributed by atoms with E-state index in [4.69, 9.17) is 0 Å². The summed E-state index contributed by atoms with van der Waals surface area (Å²) in [6, 6.07) is 9.57. The zero-order valence-electron chi connectivity index (χ0n) is 9.89. The molecule has 2 aromatic heterocycles. The van der Waals surface area contributed by atoms with E-state index in [1.165, 1.54) is 17.5 Å². The molecular formula is C13H7F3N2S2. The van der Waals surface area contributed by atoms with Gasteiger partial charge in [-0.3, -0.25) is 0 Å². The summed E-state index contributed by atoms with van der Waals surface area (Å²) in [5, 5.41) is 0.291. The van der Waals surface area contributed by atoms with Gasteiger partial charge in [0.25, 0.3) is 0 Å². The van der Waals surface area contributed by atoms with Gasteiger partial charge in [-0.25, -0.2) is 9.97 Å². The van der Waals surface area contributed by atoms with Crippen LogP contribution in [0.5, 0.6) is 0 Å². The molecule has 0 fully saturated rings. The lowest BCUT2D eigenvalue weighted by atomic mass is 10.3. The average molecular weight is 312 g/mol. The van der Waals surface area contributed by atoms with Gasteiger partial charge in [0.2, 0.25) is 0 Å². The Morgan fingerprint density at radius 1 is 1.10 bits per heavy atom. The van der Waals surface area contributed by atoms with Crippen LogP contribution >= 0.6 is 23.1 Å². The third-order valence-corrected chi connectivity index (χ3v) is 4.56. The van der Waals surface area contributed by atoms with Crippen molar-refractivity contribution in [1.82, 2.24) is 9.97 Å². The molecule has 3 rings (SSSR count). The van der Waals surface area contributed by atoms with Gasteiger partial charge in [-0.1, -0.05) is 12.1 Å². The number of alkyl halides is 3. The predicted molar refractivity (Wildman–Crippen MR) is 73.0 cm³/mol. The number of hydrogen-bond donors (Lipinski definition) is 0. The number of hydrogen-bond acceptors (Lipinski definition) is 4. The molecular weight excluding hydrogens is 305 g/mol. The Bertz CT molecular complexity index is 719. The summed E-state index contributed by atoms with van der Waals surface area (Å²) < 4.78 is 39.6. The summed E-state index contributed by atoms with van der Waals surface area (Å²) >= 11 is 2.58. The van der Waals surface area contributed by atoms with Crippen LogP contribution in [-0.4, -0.2) is 9.97 Å². The summed E-state index contributed by atoms with van der Waals surface area (Å²) in [6.45, 7) is 0. The van der Waals surface area contributed by atoms with Crippen molar-refractivity contribution in [1.29, 1.82) is 0 Å². The first-order valence-corrected chi connectivity index (χ1v) is 7.22. The molecule has 0 atom stereocenters. The van der Waals surface area contributed by atoms with Crippen molar-refractivity contribution in [2.75, 3.05) is 0 Å². The average Bonchev–Trinajstić information content (AvgIpc) is 2.80. The van der Waals surface area contributed by atoms with Crippen molar-refractivity contribution in [2.45, 2.75) is 15.5 Å². The molecule has 1 aromatic carbocycles. The third kappa shape index (κ3) is 2.78. The van der Waals surface area contributed by atoms with E-state index >= 15 is 0 Å². The van der Waals surface area contributed by atoms with Gasteiger partial charge in [-0.05, 0) is 36.0 Å². The number of pyridine rings is 1. The molecule has 0 N–H and O–H groups in total. The van der Waals surface area contributed by atoms with Gasteiger partial charge in [-0.2, -0.15) is 13.2 Å². The molecule has 7 heteroatoms. The lowest BCUT2D eigenvalue weighted by Gasteiger charge is -2.06. The lowest BCUT2D eigenvalue weighted by molar-refractivity contribution is -0.137. The molecule has 3 aromatic rings. The Morgan fingerprint density at radius 2 is 1.90 bits per heavy atom. The number of nitrogens with zero attached hydrogens (tertiary/aromatic N) is 2. The Morgan fingerprint density at radius 3 is 2.65 bits per heavy atom. The molecule has 0 amide bonds. The maximum absolute atomic E-state index is 12.6. The minimum atomic E-state index is -4.36. The van der Waals surface area contributed by atoms with Gasteiger partial charge >= 0.3 is 6.18 Å². The van der Waals surface area contributed by atoms with Crippen LogP contribution in [0.15, 0.2) is 52.0 Å². The molecule has 0 unspecified atom stereocenters. The quantitative estimate of drug-likeness (QED) is 0.676. The number of thiazole rings is 1. The molecule has 0 radical (unpaired) electrons. The van der Waals surface area contributed by atoms with Gasteiger partial charge in [0, 0.05) is 6.20 Å². The SMILES string of the molecule is FC(F)(F)c1ccnc(Sc2nc3ccccc3s2)c1. The predicted octanol–water partition coefficient (Wildman–Crippen LogP) is 4.86. The van der Waals surface area contributed by atoms with Gasteiger partial charge < -0.3 is 0 Å². The maximum Gasteiger partial charge on any atom is 0.416 e. The van der Waals surface area contributed by atoms with Crippen molar-refractivity contribution in [3.8, 4) is 0 Å². The Kier molecular flexibility index (Phi) is 3.39. The van der Waals surface area contributed by atoms with E-state index in [2.05, 4.69) is 9.97 Å². The second kappa shape index (κ2) is 5.06. The fourth-order valence-corrected chi connectivity index (χ4v) is 3.64. The lowest BCUT2D eigenvalue weighted by Crippen LogP contribution is -2.04. The van der Waals surface area contributed by atoms with E-state index in [0.29, 0.717) is 9.37 Å². The van der Waals surface area contributed by atoms with Crippen molar-refractivity contribution < 1.29 is 13.2 Å². The van der Waals surface area contributed by atoms with E-state index in [9.17, 15) is 13.2 Å². The number of fused-ring (bicyclic) bond motifs is 1. The van der Waals surface area contributed by atoms with E-state index < -0.39 is 11.7 Å². The number of aromatic nitrogens is 2. The molecule has 2 nitrogen and oxygen atoms in total. The zero-order chi connectivity index (χ0) is 14.2. The maximum atomic E-state index is 12.6. The normalized spacial score (nSPS) is 11.9. The minimum absolute atomic E-state index is 0.291. The highest BCUT2D eigenvalue weighted by atomic mass is 32.2. The summed E-state index contributed by atoms with van der Waals surface area (Å²) in [5.74, 6) is 0. The number of benzene rings is 1. The van der Waals surface area contributed by atoms with E-state index in [1.54, 1.807) is 0 Å². The van der Waals surface area contributed by atoms with Crippen molar-refractivity contribution in [2.24, 2.45) is 0 Å². The second-order valence-corrected chi connectivity index (χ2v) is 6.23. The molecule has 102 valence electrons. The van der Waals surface area contributed by atoms with Gasteiger partial charge in [0.1, 0.15) is 5.03 Å². The van der Waals surface area contributed by atoms with Crippen LogP contribution in [0.25, 0.3) is 10.2 Å². The Labute approximate surface area is 120 Å². The smallest absolute Gasteiger partial charge is 0.249 e. The van der Waals surface area contributed by atoms with Gasteiger partial charge in [0.15, 0.2) is 4.34 Å². The first-order valence-electron chi connectivity index (χ1n) is 5.59. The highest BCUT2D eigenvalue weighted by Crippen LogP contribution is 2.36. The highest BCUT2D eigenvalue weighted by Gasteiger charge is 2.30. The Hall–Kier alpha value is -1.60. The Balaban J connectivity index is 1.91. The summed E-state index contributed by atoms with van der Waals surface area (Å²) in [7, 11) is 0. The molecule has 2 heterocycles. The molecule has 0 aliphatic carbocycles. The van der Waals surface area contributed by atoms with E-state index in [-0.39, 0.29) is 0 Å². The second-order valence-electron chi connectivity index (χ2n) is 3.93. The number of halogens is 3. The van der Waals surface area contributed by atoms with Crippen LogP contribution in [0.3, 0.4) is 0 Å². The molecule has 0 bridgehead atoms. The molecule has 0 saturated carbocycles. The van der Waals surface area contributed by atoms with Crippen molar-refractivity contribution in [3.63, 3.8) is 0 Å². The summed E-state index contributed by atoms with van der Waals surface area (Å²) in [5.41, 5.74) is 0.142. The minimum Gasteiger partial charge on any atom is -0.249 e. The number of para-hydroxylation sites is 1. The molecule has 0 aliphatic rings. The monoisotopic (exact) mass is 312 g/mol. The van der Waals surface area contributed by atoms with Crippen molar-refractivity contribution >= 4 is 33.3 Å². The zero-order valence-corrected chi connectivity index (χ0v) is 11.5. The third-order valence-electron chi connectivity index (χ3n) is 2.53. The standard InChI is InChI=1S/C13H7F3N2S2/c14-13(15,16)8-5-6-17-11(7-8)20-12-18-9-3-1-2-4-10(9)19-12/h1-7H. The fraction of sp³-hybridized carbons (Fsp3) is 0.0769. The summed E-state index contributed by atoms with van der Waals surface area (Å²) in [6.07, 6.45) is -3.19. The van der Waals surface area contributed by atoms with Gasteiger partial charge in [0.05, 0.1) is 15.8 Å². The topological polar surface area (TPSA) is 25.8 Å². The first-order chi connectivity index (χ1) is 9.52. The van der Waals surface area contributed by atoms with Crippen LogP contribution in [0.2, 0.25) is 0 Å². The van der Waals surface area contributed by atoms with E-state index in [0.717, 1.165) is 34.1 Å². The van der Waals surface area contributed by atoms with Gasteiger partial charge in [-0.15, -0.1) is 11.3 Å². The summed E-state index contributed by atoms with van der Waals surface area (Å²) in [4.78, 5) is 8.31. The molecule has 0 saturated heterocycles. The molecule has 0 spiro atoms. The largest absolute Gasteiger partial charge is 0.416 e. The fourth-order valence-electron chi connectivity index (χ4n) is 1.63. The van der Waals surface area contributed by atoms with Crippen LogP contribution in [0, 0.1) is 0 Å². The molecule has 0 aliphatic heterocycles.